The molecular weight excluding hydrogens is 318 g/mol. The van der Waals surface area contributed by atoms with Crippen LogP contribution in [0.1, 0.15) is 26.3 Å². The van der Waals surface area contributed by atoms with Crippen LogP contribution in [-0.4, -0.2) is 39.8 Å². The van der Waals surface area contributed by atoms with Crippen LogP contribution in [0.4, 0.5) is 0 Å². The minimum Gasteiger partial charge on any atom is -0.375 e. The highest BCUT2D eigenvalue weighted by molar-refractivity contribution is 7.85. The highest BCUT2D eigenvalue weighted by Gasteiger charge is 2.25. The Kier molecular flexibility index (Phi) is 7.18. The van der Waals surface area contributed by atoms with Gasteiger partial charge in [0.1, 0.15) is 0 Å². The molecule has 1 aromatic rings. The molecule has 1 aromatic carbocycles. The Morgan fingerprint density at radius 1 is 1.17 bits per heavy atom. The molecule has 0 radical (unpaired) electrons. The van der Waals surface area contributed by atoms with E-state index in [0.29, 0.717) is 6.61 Å². The molecule has 0 unspecified atom stereocenters. The smallest absolute Gasteiger partial charge is 0.264 e. The summed E-state index contributed by atoms with van der Waals surface area (Å²) in [7, 11) is -3.57. The van der Waals surface area contributed by atoms with E-state index < -0.39 is 21.6 Å². The number of ether oxygens (including phenoxy) is 1. The minimum absolute atomic E-state index is 0.157. The lowest BCUT2D eigenvalue weighted by Gasteiger charge is -2.24. The highest BCUT2D eigenvalue weighted by atomic mass is 32.2. The van der Waals surface area contributed by atoms with Gasteiger partial charge in [0, 0.05) is 5.41 Å². The normalized spacial score (nSPS) is 13.6. The van der Waals surface area contributed by atoms with E-state index in [0.717, 1.165) is 11.8 Å². The van der Waals surface area contributed by atoms with E-state index in [2.05, 4.69) is 5.32 Å². The average molecular weight is 343 g/mol. The van der Waals surface area contributed by atoms with Crippen LogP contribution in [0, 0.1) is 5.41 Å². The average Bonchev–Trinajstić information content (AvgIpc) is 2.43. The van der Waals surface area contributed by atoms with Crippen LogP contribution < -0.4 is 5.32 Å². The monoisotopic (exact) mass is 343 g/mol. The van der Waals surface area contributed by atoms with Crippen molar-refractivity contribution in [1.29, 1.82) is 0 Å². The zero-order valence-electron chi connectivity index (χ0n) is 14.0. The van der Waals surface area contributed by atoms with E-state index in [1.54, 1.807) is 20.8 Å². The highest BCUT2D eigenvalue weighted by Crippen LogP contribution is 2.13. The van der Waals surface area contributed by atoms with Crippen LogP contribution in [0.3, 0.4) is 0 Å². The Morgan fingerprint density at radius 3 is 2.30 bits per heavy atom. The summed E-state index contributed by atoms with van der Waals surface area (Å²) >= 11 is 0. The van der Waals surface area contributed by atoms with Gasteiger partial charge < -0.3 is 10.1 Å². The fourth-order valence-corrected chi connectivity index (χ4v) is 2.04. The van der Waals surface area contributed by atoms with Crippen LogP contribution in [0.25, 0.3) is 0 Å². The number of rotatable bonds is 8. The summed E-state index contributed by atoms with van der Waals surface area (Å²) in [5, 5.41) is 2.76. The Morgan fingerprint density at radius 2 is 1.78 bits per heavy atom. The molecule has 130 valence electrons. The Labute approximate surface area is 138 Å². The van der Waals surface area contributed by atoms with Crippen molar-refractivity contribution in [3.8, 4) is 0 Å². The third-order valence-corrected chi connectivity index (χ3v) is 3.49. The van der Waals surface area contributed by atoms with Gasteiger partial charge in [0.2, 0.25) is 5.91 Å². The third-order valence-electron chi connectivity index (χ3n) is 2.93. The maximum absolute atomic E-state index is 12.1. The van der Waals surface area contributed by atoms with E-state index in [-0.39, 0.29) is 19.1 Å². The first-order chi connectivity index (χ1) is 10.6. The fourth-order valence-electron chi connectivity index (χ4n) is 1.63. The van der Waals surface area contributed by atoms with E-state index >= 15 is 0 Å². The second kappa shape index (κ2) is 8.42. The number of benzene rings is 1. The number of amides is 1. The number of nitrogens with one attached hydrogen (secondary N) is 1. The lowest BCUT2D eigenvalue weighted by atomic mass is 9.95. The largest absolute Gasteiger partial charge is 0.375 e. The molecule has 1 atom stereocenters. The molecule has 0 bridgehead atoms. The Balaban J connectivity index is 2.57. The number of carbonyl (C=O) groups is 1. The first-order valence-corrected chi connectivity index (χ1v) is 9.16. The van der Waals surface area contributed by atoms with Crippen molar-refractivity contribution in [3.63, 3.8) is 0 Å². The first kappa shape index (κ1) is 19.6. The van der Waals surface area contributed by atoms with Crippen molar-refractivity contribution in [3.05, 3.63) is 35.9 Å². The van der Waals surface area contributed by atoms with Gasteiger partial charge in [-0.2, -0.15) is 8.42 Å². The van der Waals surface area contributed by atoms with E-state index in [9.17, 15) is 13.2 Å². The third kappa shape index (κ3) is 8.68. The van der Waals surface area contributed by atoms with Crippen molar-refractivity contribution in [1.82, 2.24) is 5.32 Å². The molecule has 6 nitrogen and oxygen atoms in total. The van der Waals surface area contributed by atoms with E-state index in [1.165, 1.54) is 0 Å². The maximum Gasteiger partial charge on any atom is 0.264 e. The minimum atomic E-state index is -3.57. The summed E-state index contributed by atoms with van der Waals surface area (Å²) in [6.45, 7) is 5.72. The predicted molar refractivity (Wildman–Crippen MR) is 88.3 cm³/mol. The van der Waals surface area contributed by atoms with Gasteiger partial charge in [-0.15, -0.1) is 0 Å². The number of hydrogen-bond donors (Lipinski definition) is 1. The van der Waals surface area contributed by atoms with Gasteiger partial charge in [-0.1, -0.05) is 51.1 Å². The molecule has 0 saturated heterocycles. The quantitative estimate of drug-likeness (QED) is 0.727. The molecule has 1 amide bonds. The fraction of sp³-hybridized carbons (Fsp3) is 0.562. The lowest BCUT2D eigenvalue weighted by Crippen LogP contribution is -2.46. The standard InChI is InChI=1S/C16H25NO5S/c1-16(2,3)15(18)17-14(12-22-23(4,19)20)11-21-10-13-8-6-5-7-9-13/h5-9,14H,10-12H2,1-4H3,(H,17,18)/t14-/m0/s1. The zero-order valence-corrected chi connectivity index (χ0v) is 14.9. The molecule has 0 fully saturated rings. The van der Waals surface area contributed by atoms with E-state index in [1.807, 2.05) is 30.3 Å². The molecule has 7 heteroatoms. The zero-order chi connectivity index (χ0) is 17.5. The van der Waals surface area contributed by atoms with Crippen molar-refractivity contribution in [2.24, 2.45) is 5.41 Å². The van der Waals surface area contributed by atoms with Gasteiger partial charge in [0.05, 0.1) is 32.1 Å². The van der Waals surface area contributed by atoms with Gasteiger partial charge in [-0.25, -0.2) is 0 Å². The van der Waals surface area contributed by atoms with Gasteiger partial charge >= 0.3 is 0 Å². The van der Waals surface area contributed by atoms with Crippen molar-refractivity contribution >= 4 is 16.0 Å². The Hall–Kier alpha value is -1.44. The topological polar surface area (TPSA) is 81.7 Å². The predicted octanol–water partition coefficient (Wildman–Crippen LogP) is 1.71. The number of hydrogen-bond acceptors (Lipinski definition) is 5. The maximum atomic E-state index is 12.1. The SMILES string of the molecule is CC(C)(C)C(=O)N[C@@H](COCc1ccccc1)COS(C)(=O)=O. The summed E-state index contributed by atoms with van der Waals surface area (Å²) in [6.07, 6.45) is 0.973. The molecule has 0 aliphatic heterocycles. The summed E-state index contributed by atoms with van der Waals surface area (Å²) < 4.78 is 32.6. The second-order valence-corrected chi connectivity index (χ2v) is 8.05. The first-order valence-electron chi connectivity index (χ1n) is 7.35. The van der Waals surface area contributed by atoms with Crippen molar-refractivity contribution < 1.29 is 22.1 Å². The van der Waals surface area contributed by atoms with Crippen LogP contribution in [-0.2, 0) is 30.4 Å². The summed E-state index contributed by atoms with van der Waals surface area (Å²) in [4.78, 5) is 12.1. The molecule has 0 aliphatic rings. The van der Waals surface area contributed by atoms with Gasteiger partial charge in [0.15, 0.2) is 0 Å². The molecule has 0 heterocycles. The van der Waals surface area contributed by atoms with Gasteiger partial charge in [-0.3, -0.25) is 8.98 Å². The lowest BCUT2D eigenvalue weighted by molar-refractivity contribution is -0.130. The number of carbonyl (C=O) groups excluding carboxylic acids is 1. The van der Waals surface area contributed by atoms with Crippen molar-refractivity contribution in [2.75, 3.05) is 19.5 Å². The molecular formula is C16H25NO5S. The van der Waals surface area contributed by atoms with Crippen LogP contribution in [0.2, 0.25) is 0 Å². The van der Waals surface area contributed by atoms with Crippen LogP contribution >= 0.6 is 0 Å². The molecule has 23 heavy (non-hydrogen) atoms. The van der Waals surface area contributed by atoms with E-state index in [4.69, 9.17) is 8.92 Å². The van der Waals surface area contributed by atoms with Gasteiger partial charge in [0.25, 0.3) is 10.1 Å². The molecule has 0 spiro atoms. The molecule has 0 aliphatic carbocycles. The molecule has 1 rings (SSSR count). The van der Waals surface area contributed by atoms with Crippen LogP contribution in [0.15, 0.2) is 30.3 Å². The molecule has 0 saturated carbocycles. The Bertz CT molecular complexity index is 593. The summed E-state index contributed by atoms with van der Waals surface area (Å²) in [6, 6.07) is 9.04. The van der Waals surface area contributed by atoms with Crippen molar-refractivity contribution in [2.45, 2.75) is 33.4 Å². The summed E-state index contributed by atoms with van der Waals surface area (Å²) in [5.41, 5.74) is 0.417. The second-order valence-electron chi connectivity index (χ2n) is 6.41. The molecule has 1 N–H and O–H groups in total. The molecule has 0 aromatic heterocycles. The van der Waals surface area contributed by atoms with Crippen LogP contribution in [0.5, 0.6) is 0 Å². The summed E-state index contributed by atoms with van der Waals surface area (Å²) in [5.74, 6) is -0.192. The van der Waals surface area contributed by atoms with Gasteiger partial charge in [-0.05, 0) is 5.56 Å².